The van der Waals surface area contributed by atoms with Crippen molar-refractivity contribution in [1.29, 1.82) is 0 Å². The fourth-order valence-corrected chi connectivity index (χ4v) is 2.08. The zero-order valence-corrected chi connectivity index (χ0v) is 13.8. The number of amides is 2. The average molecular weight is 342 g/mol. The lowest BCUT2D eigenvalue weighted by Gasteiger charge is -2.10. The molecule has 0 fully saturated rings. The summed E-state index contributed by atoms with van der Waals surface area (Å²) in [6.07, 6.45) is 1.90. The van der Waals surface area contributed by atoms with Crippen LogP contribution in [0.2, 0.25) is 0 Å². The highest BCUT2D eigenvalue weighted by molar-refractivity contribution is 6.00. The molecule has 6 heteroatoms. The van der Waals surface area contributed by atoms with Crippen molar-refractivity contribution in [2.24, 2.45) is 0 Å². The maximum absolute atomic E-state index is 13.7. The van der Waals surface area contributed by atoms with Crippen molar-refractivity contribution in [1.82, 2.24) is 0 Å². The third-order valence-corrected chi connectivity index (χ3v) is 3.37. The van der Waals surface area contributed by atoms with Crippen molar-refractivity contribution in [3.05, 3.63) is 66.5 Å². The summed E-state index contributed by atoms with van der Waals surface area (Å²) in [7, 11) is 0. The Balaban J connectivity index is 1.96. The minimum Gasteiger partial charge on any atom is -0.484 e. The molecule has 2 N–H and O–H groups in total. The fourth-order valence-electron chi connectivity index (χ4n) is 2.08. The Morgan fingerprint density at radius 1 is 1.20 bits per heavy atom. The Labute approximate surface area is 145 Å². The summed E-state index contributed by atoms with van der Waals surface area (Å²) in [6, 6.07) is 11.4. The second kappa shape index (κ2) is 8.63. The molecule has 130 valence electrons. The number of rotatable bonds is 7. The summed E-state index contributed by atoms with van der Waals surface area (Å²) in [5.74, 6) is -0.940. The zero-order chi connectivity index (χ0) is 18.2. The second-order valence-electron chi connectivity index (χ2n) is 5.23. The van der Waals surface area contributed by atoms with Gasteiger partial charge in [-0.15, -0.1) is 0 Å². The van der Waals surface area contributed by atoms with Crippen LogP contribution in [0.4, 0.5) is 15.8 Å². The highest BCUT2D eigenvalue weighted by Gasteiger charge is 2.09. The van der Waals surface area contributed by atoms with E-state index in [0.29, 0.717) is 11.4 Å². The maximum atomic E-state index is 13.7. The van der Waals surface area contributed by atoms with Gasteiger partial charge < -0.3 is 15.4 Å². The van der Waals surface area contributed by atoms with Gasteiger partial charge in [0.15, 0.2) is 6.61 Å². The van der Waals surface area contributed by atoms with E-state index in [9.17, 15) is 14.0 Å². The second-order valence-corrected chi connectivity index (χ2v) is 5.23. The van der Waals surface area contributed by atoms with Gasteiger partial charge >= 0.3 is 0 Å². The predicted molar refractivity (Wildman–Crippen MR) is 95.2 cm³/mol. The minimum atomic E-state index is -0.610. The number of carbonyl (C=O) groups excluding carboxylic acids is 2. The molecule has 2 amide bonds. The summed E-state index contributed by atoms with van der Waals surface area (Å²) in [4.78, 5) is 23.3. The third-order valence-electron chi connectivity index (χ3n) is 3.37. The predicted octanol–water partition coefficient (Wildman–Crippen LogP) is 3.53. The van der Waals surface area contributed by atoms with Gasteiger partial charge in [-0.2, -0.15) is 0 Å². The van der Waals surface area contributed by atoms with E-state index in [2.05, 4.69) is 17.2 Å². The molecule has 0 unspecified atom stereocenters. The van der Waals surface area contributed by atoms with Crippen molar-refractivity contribution in [2.45, 2.75) is 13.3 Å². The summed E-state index contributed by atoms with van der Waals surface area (Å²) in [6.45, 7) is 5.15. The molecule has 0 aromatic heterocycles. The molecule has 2 rings (SSSR count). The number of hydrogen-bond acceptors (Lipinski definition) is 3. The fraction of sp³-hybridized carbons (Fsp3) is 0.158. The molecule has 0 aliphatic rings. The Bertz CT molecular complexity index is 790. The molecular formula is C19H19FN2O3. The summed E-state index contributed by atoms with van der Waals surface area (Å²) >= 11 is 0. The molecule has 0 radical (unpaired) electrons. The largest absolute Gasteiger partial charge is 0.484 e. The first-order valence-corrected chi connectivity index (χ1v) is 7.76. The summed E-state index contributed by atoms with van der Waals surface area (Å²) in [5, 5.41) is 4.92. The van der Waals surface area contributed by atoms with Gasteiger partial charge in [-0.05, 0) is 48.4 Å². The Kier molecular flexibility index (Phi) is 6.28. The lowest BCUT2D eigenvalue weighted by molar-refractivity contribution is -0.118. The smallest absolute Gasteiger partial charge is 0.262 e. The number of aryl methyl sites for hydroxylation is 1. The first kappa shape index (κ1) is 18.2. The van der Waals surface area contributed by atoms with Crippen LogP contribution in [0.3, 0.4) is 0 Å². The van der Waals surface area contributed by atoms with Gasteiger partial charge in [0.1, 0.15) is 11.6 Å². The Morgan fingerprint density at radius 3 is 2.72 bits per heavy atom. The Hall–Kier alpha value is -3.15. The summed E-state index contributed by atoms with van der Waals surface area (Å²) in [5.41, 5.74) is 1.41. The van der Waals surface area contributed by atoms with Gasteiger partial charge in [0.05, 0.1) is 5.69 Å². The molecule has 0 aliphatic carbocycles. The molecule has 0 heterocycles. The standard InChI is InChI=1S/C19H19FN2O3/c1-3-13-6-5-7-15(10-13)25-12-19(24)21-14-8-9-16(20)17(11-14)22-18(23)4-2/h4-11H,2-3,12H2,1H3,(H,21,24)(H,22,23). The topological polar surface area (TPSA) is 67.4 Å². The third kappa shape index (κ3) is 5.46. The van der Waals surface area contributed by atoms with E-state index in [4.69, 9.17) is 4.74 Å². The number of nitrogens with one attached hydrogen (secondary N) is 2. The lowest BCUT2D eigenvalue weighted by Crippen LogP contribution is -2.20. The highest BCUT2D eigenvalue weighted by Crippen LogP contribution is 2.20. The molecule has 0 spiro atoms. The van der Waals surface area contributed by atoms with Crippen LogP contribution in [0, 0.1) is 5.82 Å². The van der Waals surface area contributed by atoms with Gasteiger partial charge in [0.2, 0.25) is 5.91 Å². The van der Waals surface area contributed by atoms with Crippen LogP contribution in [-0.2, 0) is 16.0 Å². The molecule has 0 aliphatic heterocycles. The summed E-state index contributed by atoms with van der Waals surface area (Å²) < 4.78 is 19.1. The van der Waals surface area contributed by atoms with Gasteiger partial charge in [-0.1, -0.05) is 25.6 Å². The number of halogens is 1. The van der Waals surface area contributed by atoms with Gasteiger partial charge in [0, 0.05) is 5.69 Å². The van der Waals surface area contributed by atoms with E-state index >= 15 is 0 Å². The van der Waals surface area contributed by atoms with E-state index in [1.54, 1.807) is 6.07 Å². The highest BCUT2D eigenvalue weighted by atomic mass is 19.1. The van der Waals surface area contributed by atoms with Crippen LogP contribution in [0.25, 0.3) is 0 Å². The molecule has 0 saturated carbocycles. The van der Waals surface area contributed by atoms with Crippen molar-refractivity contribution < 1.29 is 18.7 Å². The number of benzene rings is 2. The molecule has 2 aromatic rings. The first-order chi connectivity index (χ1) is 12.0. The van der Waals surface area contributed by atoms with E-state index < -0.39 is 17.6 Å². The van der Waals surface area contributed by atoms with Gasteiger partial charge in [0.25, 0.3) is 5.91 Å². The average Bonchev–Trinajstić information content (AvgIpc) is 2.62. The SMILES string of the molecule is C=CC(=O)Nc1cc(NC(=O)COc2cccc(CC)c2)ccc1F. The molecule has 25 heavy (non-hydrogen) atoms. The maximum Gasteiger partial charge on any atom is 0.262 e. The van der Waals surface area contributed by atoms with E-state index in [-0.39, 0.29) is 12.3 Å². The zero-order valence-electron chi connectivity index (χ0n) is 13.8. The van der Waals surface area contributed by atoms with Gasteiger partial charge in [-0.25, -0.2) is 4.39 Å². The minimum absolute atomic E-state index is 0.0423. The molecule has 0 saturated heterocycles. The Morgan fingerprint density at radius 2 is 2.00 bits per heavy atom. The van der Waals surface area contributed by atoms with E-state index in [1.165, 1.54) is 12.1 Å². The van der Waals surface area contributed by atoms with Crippen molar-refractivity contribution in [3.63, 3.8) is 0 Å². The quantitative estimate of drug-likeness (QED) is 0.757. The normalized spacial score (nSPS) is 10.0. The molecule has 5 nitrogen and oxygen atoms in total. The lowest BCUT2D eigenvalue weighted by atomic mass is 10.2. The molecule has 0 atom stereocenters. The number of hydrogen-bond donors (Lipinski definition) is 2. The number of carbonyl (C=O) groups is 2. The van der Waals surface area contributed by atoms with Crippen molar-refractivity contribution in [2.75, 3.05) is 17.2 Å². The molecular weight excluding hydrogens is 323 g/mol. The monoisotopic (exact) mass is 342 g/mol. The van der Waals surface area contributed by atoms with Gasteiger partial charge in [-0.3, -0.25) is 9.59 Å². The van der Waals surface area contributed by atoms with Crippen LogP contribution in [-0.4, -0.2) is 18.4 Å². The van der Waals surface area contributed by atoms with Crippen LogP contribution in [0.15, 0.2) is 55.1 Å². The van der Waals surface area contributed by atoms with E-state index in [0.717, 1.165) is 24.1 Å². The van der Waals surface area contributed by atoms with Crippen LogP contribution in [0.1, 0.15) is 12.5 Å². The van der Waals surface area contributed by atoms with Crippen LogP contribution >= 0.6 is 0 Å². The van der Waals surface area contributed by atoms with Crippen molar-refractivity contribution >= 4 is 23.2 Å². The van der Waals surface area contributed by atoms with Crippen LogP contribution < -0.4 is 15.4 Å². The first-order valence-electron chi connectivity index (χ1n) is 7.76. The number of anilines is 2. The van der Waals surface area contributed by atoms with Crippen molar-refractivity contribution in [3.8, 4) is 5.75 Å². The van der Waals surface area contributed by atoms with E-state index in [1.807, 2.05) is 25.1 Å². The number of ether oxygens (including phenoxy) is 1. The van der Waals surface area contributed by atoms with Crippen LogP contribution in [0.5, 0.6) is 5.75 Å². The molecule has 0 bridgehead atoms. The molecule has 2 aromatic carbocycles.